The average Bonchev–Trinajstić information content (AvgIpc) is 1.89. The van der Waals surface area contributed by atoms with Crippen molar-refractivity contribution in [2.24, 2.45) is 10.1 Å². The lowest BCUT2D eigenvalue weighted by molar-refractivity contribution is 0.160. The first-order valence-electron chi connectivity index (χ1n) is 2.96. The molecule has 0 aromatic heterocycles. The maximum atomic E-state index is 4.69. The average molecular weight is 128 g/mol. The third kappa shape index (κ3) is 7.14. The number of hydrogen-bond donors (Lipinski definition) is 0. The zero-order valence-electron chi connectivity index (χ0n) is 5.87. The summed E-state index contributed by atoms with van der Waals surface area (Å²) in [4.78, 5) is 8.45. The molecule has 0 radical (unpaired) electrons. The molecule has 0 aliphatic heterocycles. The number of nitrogens with zero attached hydrogens (tertiary/aromatic N) is 2. The molecule has 9 heavy (non-hydrogen) atoms. The molecule has 0 rings (SSSR count). The van der Waals surface area contributed by atoms with Gasteiger partial charge in [0, 0.05) is 25.9 Å². The Morgan fingerprint density at radius 3 is 2.78 bits per heavy atom. The zero-order chi connectivity index (χ0) is 6.95. The van der Waals surface area contributed by atoms with E-state index in [9.17, 15) is 0 Å². The summed E-state index contributed by atoms with van der Waals surface area (Å²) in [5, 5.41) is 3.61. The predicted octanol–water partition coefficient (Wildman–Crippen LogP) is 1.10. The van der Waals surface area contributed by atoms with Crippen LogP contribution in [0.4, 0.5) is 0 Å². The lowest BCUT2D eigenvalue weighted by Gasteiger charge is -1.87. The van der Waals surface area contributed by atoms with Crippen LogP contribution in [0.25, 0.3) is 0 Å². The Balaban J connectivity index is 3.04. The minimum absolute atomic E-state index is 0.625. The van der Waals surface area contributed by atoms with E-state index >= 15 is 0 Å². The van der Waals surface area contributed by atoms with E-state index in [-0.39, 0.29) is 0 Å². The molecule has 0 aliphatic carbocycles. The first-order chi connectivity index (χ1) is 4.41. The molecule has 0 spiro atoms. The second-order valence-corrected chi connectivity index (χ2v) is 1.38. The Hall–Kier alpha value is -0.860. The van der Waals surface area contributed by atoms with Gasteiger partial charge in [0.25, 0.3) is 0 Å². The van der Waals surface area contributed by atoms with E-state index in [1.54, 1.807) is 19.5 Å². The maximum Gasteiger partial charge on any atom is 0.114 e. The van der Waals surface area contributed by atoms with Crippen molar-refractivity contribution in [3.8, 4) is 0 Å². The van der Waals surface area contributed by atoms with Crippen molar-refractivity contribution >= 4 is 12.4 Å². The van der Waals surface area contributed by atoms with Gasteiger partial charge in [-0.2, -0.15) is 0 Å². The molecule has 0 atom stereocenters. The first kappa shape index (κ1) is 8.14. The smallest absolute Gasteiger partial charge is 0.114 e. The summed E-state index contributed by atoms with van der Waals surface area (Å²) in [7, 11) is 1.73. The standard InChI is InChI=1S/C6H12N2O/c1-3-9-8-6-4-5-7-2/h5-6H,3-4H2,1-2H3/b7-5+,8-6-. The molecule has 0 aromatic rings. The van der Waals surface area contributed by atoms with Crippen LogP contribution in [0.3, 0.4) is 0 Å². The number of rotatable bonds is 4. The van der Waals surface area contributed by atoms with E-state index < -0.39 is 0 Å². The molecule has 0 unspecified atom stereocenters. The molecule has 0 heterocycles. The van der Waals surface area contributed by atoms with Gasteiger partial charge in [0.15, 0.2) is 0 Å². The minimum Gasteiger partial charge on any atom is -0.396 e. The van der Waals surface area contributed by atoms with Gasteiger partial charge in [-0.15, -0.1) is 0 Å². The van der Waals surface area contributed by atoms with Crippen molar-refractivity contribution in [1.29, 1.82) is 0 Å². The molecule has 0 saturated heterocycles. The molecular formula is C6H12N2O. The Morgan fingerprint density at radius 2 is 2.22 bits per heavy atom. The van der Waals surface area contributed by atoms with Crippen LogP contribution >= 0.6 is 0 Å². The van der Waals surface area contributed by atoms with Crippen molar-refractivity contribution in [1.82, 2.24) is 0 Å². The predicted molar refractivity (Wildman–Crippen MR) is 39.2 cm³/mol. The fourth-order valence-electron chi connectivity index (χ4n) is 0.323. The summed E-state index contributed by atoms with van der Waals surface area (Å²) in [6.07, 6.45) is 4.19. The van der Waals surface area contributed by atoms with Crippen molar-refractivity contribution in [2.45, 2.75) is 13.3 Å². The van der Waals surface area contributed by atoms with Gasteiger partial charge in [0.2, 0.25) is 0 Å². The van der Waals surface area contributed by atoms with Crippen molar-refractivity contribution in [2.75, 3.05) is 13.7 Å². The quantitative estimate of drug-likeness (QED) is 0.412. The van der Waals surface area contributed by atoms with E-state index in [0.29, 0.717) is 6.61 Å². The molecule has 0 N–H and O–H groups in total. The second-order valence-electron chi connectivity index (χ2n) is 1.38. The van der Waals surface area contributed by atoms with Crippen molar-refractivity contribution in [3.05, 3.63) is 0 Å². The van der Waals surface area contributed by atoms with Gasteiger partial charge in [-0.25, -0.2) is 0 Å². The number of aliphatic imine (C=N–C) groups is 1. The van der Waals surface area contributed by atoms with Gasteiger partial charge in [-0.05, 0) is 6.92 Å². The maximum absolute atomic E-state index is 4.69. The van der Waals surface area contributed by atoms with E-state index in [4.69, 9.17) is 0 Å². The topological polar surface area (TPSA) is 34.0 Å². The normalized spacial score (nSPS) is 11.3. The third-order valence-electron chi connectivity index (χ3n) is 0.672. The van der Waals surface area contributed by atoms with Crippen LogP contribution in [0.15, 0.2) is 10.1 Å². The van der Waals surface area contributed by atoms with Crippen LogP contribution in [-0.4, -0.2) is 26.1 Å². The largest absolute Gasteiger partial charge is 0.396 e. The summed E-state index contributed by atoms with van der Waals surface area (Å²) in [5.74, 6) is 0. The highest BCUT2D eigenvalue weighted by atomic mass is 16.6. The Morgan fingerprint density at radius 1 is 1.44 bits per heavy atom. The van der Waals surface area contributed by atoms with Gasteiger partial charge >= 0.3 is 0 Å². The van der Waals surface area contributed by atoms with Crippen LogP contribution in [0.1, 0.15) is 13.3 Å². The lowest BCUT2D eigenvalue weighted by atomic mass is 10.5. The first-order valence-corrected chi connectivity index (χ1v) is 2.96. The summed E-state index contributed by atoms with van der Waals surface area (Å²) >= 11 is 0. The summed E-state index contributed by atoms with van der Waals surface area (Å²) in [6.45, 7) is 2.52. The Labute approximate surface area is 55.4 Å². The summed E-state index contributed by atoms with van der Waals surface area (Å²) in [5.41, 5.74) is 0. The number of oxime groups is 1. The number of hydrogen-bond acceptors (Lipinski definition) is 3. The molecule has 0 saturated carbocycles. The highest BCUT2D eigenvalue weighted by Crippen LogP contribution is 1.73. The zero-order valence-corrected chi connectivity index (χ0v) is 5.87. The van der Waals surface area contributed by atoms with Crippen LogP contribution in [-0.2, 0) is 4.84 Å². The molecule has 0 aromatic carbocycles. The van der Waals surface area contributed by atoms with E-state index in [0.717, 1.165) is 6.42 Å². The molecule has 0 amide bonds. The van der Waals surface area contributed by atoms with Crippen LogP contribution < -0.4 is 0 Å². The molecular weight excluding hydrogens is 116 g/mol. The van der Waals surface area contributed by atoms with Gasteiger partial charge in [-0.3, -0.25) is 0 Å². The Bertz CT molecular complexity index is 99.2. The van der Waals surface area contributed by atoms with E-state index in [1.807, 2.05) is 6.92 Å². The monoisotopic (exact) mass is 128 g/mol. The van der Waals surface area contributed by atoms with Gasteiger partial charge < -0.3 is 9.83 Å². The van der Waals surface area contributed by atoms with Crippen molar-refractivity contribution < 1.29 is 4.84 Å². The second kappa shape index (κ2) is 7.14. The Kier molecular flexibility index (Phi) is 6.46. The summed E-state index contributed by atoms with van der Waals surface area (Å²) < 4.78 is 0. The lowest BCUT2D eigenvalue weighted by Crippen LogP contribution is -1.81. The van der Waals surface area contributed by atoms with Crippen LogP contribution in [0.2, 0.25) is 0 Å². The van der Waals surface area contributed by atoms with Gasteiger partial charge in [0.05, 0.1) is 0 Å². The highest BCUT2D eigenvalue weighted by Gasteiger charge is 1.70. The molecule has 3 heteroatoms. The fraction of sp³-hybridized carbons (Fsp3) is 0.667. The minimum atomic E-state index is 0.625. The molecule has 0 fully saturated rings. The van der Waals surface area contributed by atoms with E-state index in [1.165, 1.54) is 0 Å². The molecule has 52 valence electrons. The van der Waals surface area contributed by atoms with Gasteiger partial charge in [-0.1, -0.05) is 5.16 Å². The molecule has 3 nitrogen and oxygen atoms in total. The highest BCUT2D eigenvalue weighted by molar-refractivity contribution is 5.78. The van der Waals surface area contributed by atoms with E-state index in [2.05, 4.69) is 15.0 Å². The molecule has 0 bridgehead atoms. The van der Waals surface area contributed by atoms with Crippen LogP contribution in [0.5, 0.6) is 0 Å². The van der Waals surface area contributed by atoms with Crippen LogP contribution in [0, 0.1) is 0 Å². The van der Waals surface area contributed by atoms with Crippen molar-refractivity contribution in [3.63, 3.8) is 0 Å². The third-order valence-corrected chi connectivity index (χ3v) is 0.672. The SMILES string of the molecule is CCO/N=C\C/C=N/C. The fourth-order valence-corrected chi connectivity index (χ4v) is 0.323. The molecule has 0 aliphatic rings. The van der Waals surface area contributed by atoms with Gasteiger partial charge in [0.1, 0.15) is 6.61 Å². The summed E-state index contributed by atoms with van der Waals surface area (Å²) in [6, 6.07) is 0.